The number of benzene rings is 1. The molecular formula is C34H45N7O3SSi. The van der Waals surface area contributed by atoms with Gasteiger partial charge in [0.2, 0.25) is 0 Å². The van der Waals surface area contributed by atoms with Crippen LogP contribution in [-0.2, 0) is 35.2 Å². The molecule has 4 aromatic heterocycles. The Labute approximate surface area is 275 Å². The lowest BCUT2D eigenvalue weighted by Gasteiger charge is -2.36. The van der Waals surface area contributed by atoms with E-state index in [1.807, 2.05) is 93.4 Å². The number of rotatable bonds is 9. The van der Waals surface area contributed by atoms with Crippen LogP contribution in [0.4, 0.5) is 0 Å². The minimum atomic E-state index is -1.96. The number of aliphatic hydroxyl groups is 1. The van der Waals surface area contributed by atoms with Crippen molar-refractivity contribution in [2.45, 2.75) is 83.7 Å². The third-order valence-corrected chi connectivity index (χ3v) is 14.6. The van der Waals surface area contributed by atoms with Crippen LogP contribution in [0.5, 0.6) is 0 Å². The first-order chi connectivity index (χ1) is 21.4. The molecule has 0 radical (unpaired) electrons. The van der Waals surface area contributed by atoms with Gasteiger partial charge in [0.05, 0.1) is 41.1 Å². The molecule has 5 aromatic rings. The molecule has 10 nitrogen and oxygen atoms in total. The van der Waals surface area contributed by atoms with E-state index in [9.17, 15) is 9.66 Å². The quantitative estimate of drug-likeness (QED) is 0.103. The number of hydrogen-bond acceptors (Lipinski definition) is 8. The maximum Gasteiger partial charge on any atom is 0.197 e. The molecule has 0 fully saturated rings. The third-order valence-electron chi connectivity index (χ3n) is 8.47. The lowest BCUT2D eigenvalue weighted by molar-refractivity contribution is 0.0401. The van der Waals surface area contributed by atoms with Gasteiger partial charge in [-0.25, -0.2) is 14.6 Å². The maximum atomic E-state index is 12.8. The van der Waals surface area contributed by atoms with Crippen LogP contribution in [-0.4, -0.2) is 52.3 Å². The van der Waals surface area contributed by atoms with Gasteiger partial charge in [0.15, 0.2) is 19.9 Å². The van der Waals surface area contributed by atoms with Gasteiger partial charge in [0.25, 0.3) is 0 Å². The number of pyridine rings is 2. The van der Waals surface area contributed by atoms with Crippen LogP contribution in [0.25, 0.3) is 39.2 Å². The van der Waals surface area contributed by atoms with Crippen molar-refractivity contribution < 1.29 is 14.1 Å². The number of nitrogens with zero attached hydrogens (tertiary/aromatic N) is 6. The zero-order chi connectivity index (χ0) is 33.7. The summed E-state index contributed by atoms with van der Waals surface area (Å²) < 4.78 is 25.2. The number of fused-ring (bicyclic) bond motifs is 1. The molecule has 12 heteroatoms. The molecule has 1 aromatic carbocycles. The largest absolute Gasteiger partial charge is 0.598 e. The van der Waals surface area contributed by atoms with Crippen LogP contribution in [0.2, 0.25) is 18.1 Å². The van der Waals surface area contributed by atoms with E-state index in [1.165, 1.54) is 0 Å². The summed E-state index contributed by atoms with van der Waals surface area (Å²) in [6.07, 6.45) is 3.74. The van der Waals surface area contributed by atoms with Crippen LogP contribution < -0.4 is 4.72 Å². The van der Waals surface area contributed by atoms with Gasteiger partial charge in [-0.05, 0) is 88.3 Å². The Kier molecular flexibility index (Phi) is 9.10. The molecule has 5 rings (SSSR count). The van der Waals surface area contributed by atoms with Crippen LogP contribution in [0.3, 0.4) is 0 Å². The van der Waals surface area contributed by atoms with Crippen molar-refractivity contribution in [3.8, 4) is 28.3 Å². The molecule has 0 aliphatic rings. The topological polar surface area (TPSA) is 126 Å². The highest BCUT2D eigenvalue weighted by molar-refractivity contribution is 7.90. The smallest absolute Gasteiger partial charge is 0.197 e. The van der Waals surface area contributed by atoms with Gasteiger partial charge in [-0.1, -0.05) is 32.9 Å². The van der Waals surface area contributed by atoms with Crippen molar-refractivity contribution >= 4 is 30.6 Å². The predicted molar refractivity (Wildman–Crippen MR) is 187 cm³/mol. The van der Waals surface area contributed by atoms with E-state index >= 15 is 0 Å². The summed E-state index contributed by atoms with van der Waals surface area (Å²) in [5, 5.41) is 21.8. The molecule has 0 spiro atoms. The normalized spacial score (nSPS) is 14.9. The fourth-order valence-electron chi connectivity index (χ4n) is 4.62. The van der Waals surface area contributed by atoms with E-state index < -0.39 is 30.2 Å². The first-order valence-corrected chi connectivity index (χ1v) is 19.4. The Morgan fingerprint density at radius 3 is 2.33 bits per heavy atom. The van der Waals surface area contributed by atoms with E-state index in [1.54, 1.807) is 17.7 Å². The Balaban J connectivity index is 1.59. The lowest BCUT2D eigenvalue weighted by Crippen LogP contribution is -2.50. The Bertz CT molecular complexity index is 1850. The predicted octanol–water partition coefficient (Wildman–Crippen LogP) is 6.62. The fraction of sp³-hybridized carbons (Fsp3) is 0.412. The standard InChI is InChI=1S/C34H45N7O3SSi/c1-32(2,3)45(43)39-34(7,42)30-15-12-14-27(37-30)23-19-25(28-17-18-40(8)38-28)26-21-35-41(29(26)20-23)31-16-11-13-24(36-31)22-44-46(9,10)33(4,5)6/h11-21,39,42H,22H2,1-10H3. The molecule has 2 atom stereocenters. The molecule has 0 aliphatic carbocycles. The van der Waals surface area contributed by atoms with Gasteiger partial charge in [-0.3, -0.25) is 4.68 Å². The molecule has 2 unspecified atom stereocenters. The highest BCUT2D eigenvalue weighted by Crippen LogP contribution is 2.37. The van der Waals surface area contributed by atoms with Crippen molar-refractivity contribution in [2.75, 3.05) is 0 Å². The van der Waals surface area contributed by atoms with Gasteiger partial charge in [-0.2, -0.15) is 10.2 Å². The van der Waals surface area contributed by atoms with E-state index in [0.717, 1.165) is 33.4 Å². The zero-order valence-corrected chi connectivity index (χ0v) is 30.2. The highest BCUT2D eigenvalue weighted by atomic mass is 32.2. The minimum Gasteiger partial charge on any atom is -0.598 e. The van der Waals surface area contributed by atoms with E-state index in [2.05, 4.69) is 43.7 Å². The fourth-order valence-corrected chi connectivity index (χ4v) is 6.33. The van der Waals surface area contributed by atoms with Gasteiger partial charge < -0.3 is 14.1 Å². The Hall–Kier alpha value is -3.39. The first kappa shape index (κ1) is 34.0. The summed E-state index contributed by atoms with van der Waals surface area (Å²) in [6, 6.07) is 17.4. The Morgan fingerprint density at radius 1 is 0.957 bits per heavy atom. The summed E-state index contributed by atoms with van der Waals surface area (Å²) in [5.41, 5.74) is 3.53. The summed E-state index contributed by atoms with van der Waals surface area (Å²) in [7, 11) is -0.0715. The number of nitrogens with one attached hydrogen (secondary N) is 1. The SMILES string of the molecule is Cn1ccc(-c2cc(-c3cccc(C(C)(O)N[S+]([O-])C(C)(C)C)n3)cc3c2cnn3-c2cccc(CO[Si](C)(C)C(C)(C)C)n2)n1. The summed E-state index contributed by atoms with van der Waals surface area (Å²) in [6.45, 7) is 18.7. The lowest BCUT2D eigenvalue weighted by atomic mass is 10.0. The Morgan fingerprint density at radius 2 is 1.67 bits per heavy atom. The molecule has 0 bridgehead atoms. The molecule has 46 heavy (non-hydrogen) atoms. The van der Waals surface area contributed by atoms with Gasteiger partial charge in [0.1, 0.15) is 4.75 Å². The molecule has 0 aliphatic heterocycles. The minimum absolute atomic E-state index is 0.0968. The average molecular weight is 660 g/mol. The van der Waals surface area contributed by atoms with Gasteiger partial charge in [0, 0.05) is 41.1 Å². The van der Waals surface area contributed by atoms with Crippen molar-refractivity contribution in [1.29, 1.82) is 0 Å². The first-order valence-electron chi connectivity index (χ1n) is 15.4. The molecule has 244 valence electrons. The van der Waals surface area contributed by atoms with E-state index in [-0.39, 0.29) is 5.04 Å². The molecule has 0 saturated carbocycles. The van der Waals surface area contributed by atoms with Crippen molar-refractivity contribution in [1.82, 2.24) is 34.3 Å². The highest BCUT2D eigenvalue weighted by Gasteiger charge is 2.38. The summed E-state index contributed by atoms with van der Waals surface area (Å²) in [5.74, 6) is 0.675. The second-order valence-corrected chi connectivity index (χ2v) is 21.2. The van der Waals surface area contributed by atoms with Crippen LogP contribution in [0.1, 0.15) is 59.9 Å². The van der Waals surface area contributed by atoms with Crippen LogP contribution >= 0.6 is 0 Å². The second-order valence-electron chi connectivity index (χ2n) is 14.4. The van der Waals surface area contributed by atoms with Gasteiger partial charge >= 0.3 is 0 Å². The third kappa shape index (κ3) is 7.12. The van der Waals surface area contributed by atoms with Crippen molar-refractivity contribution in [3.05, 3.63) is 78.4 Å². The maximum absolute atomic E-state index is 12.8. The van der Waals surface area contributed by atoms with Crippen molar-refractivity contribution in [2.24, 2.45) is 7.05 Å². The van der Waals surface area contributed by atoms with Crippen LogP contribution in [0.15, 0.2) is 67.0 Å². The van der Waals surface area contributed by atoms with Crippen LogP contribution in [0, 0.1) is 0 Å². The molecule has 0 saturated heterocycles. The number of hydrogen-bond donors (Lipinski definition) is 2. The van der Waals surface area contributed by atoms with E-state index in [4.69, 9.17) is 19.5 Å². The number of aromatic nitrogens is 6. The summed E-state index contributed by atoms with van der Waals surface area (Å²) >= 11 is -1.51. The molecule has 4 heterocycles. The molecular weight excluding hydrogens is 615 g/mol. The summed E-state index contributed by atoms with van der Waals surface area (Å²) in [4.78, 5) is 9.78. The number of aryl methyl sites for hydroxylation is 1. The average Bonchev–Trinajstić information content (AvgIpc) is 3.61. The monoisotopic (exact) mass is 659 g/mol. The second kappa shape index (κ2) is 12.3. The molecule has 0 amide bonds. The van der Waals surface area contributed by atoms with Crippen molar-refractivity contribution in [3.63, 3.8) is 0 Å². The van der Waals surface area contributed by atoms with Gasteiger partial charge in [-0.15, -0.1) is 4.72 Å². The van der Waals surface area contributed by atoms with E-state index in [0.29, 0.717) is 23.8 Å². The molecule has 2 N–H and O–H groups in total. The zero-order valence-electron chi connectivity index (χ0n) is 28.4.